The molecule has 0 bridgehead atoms. The Balaban J connectivity index is 1.80. The van der Waals surface area contributed by atoms with Crippen LogP contribution in [0, 0.1) is 10.1 Å². The van der Waals surface area contributed by atoms with Crippen molar-refractivity contribution in [1.29, 1.82) is 0 Å². The van der Waals surface area contributed by atoms with Crippen molar-refractivity contribution in [2.45, 2.75) is 18.6 Å². The number of epoxide rings is 1. The molecule has 3 rings (SSSR count). The van der Waals surface area contributed by atoms with Crippen LogP contribution in [0.5, 0.6) is 0 Å². The van der Waals surface area contributed by atoms with E-state index in [-0.39, 0.29) is 6.61 Å². The SMILES string of the molecule is O=[N+]([O-])C1OC1(OCc1ccccc1)c1ccccc1. The van der Waals surface area contributed by atoms with Gasteiger partial charge in [0.25, 0.3) is 5.79 Å². The molecule has 1 heterocycles. The molecule has 0 N–H and O–H groups in total. The largest absolute Gasteiger partial charge is 0.377 e. The van der Waals surface area contributed by atoms with Crippen LogP contribution in [0.1, 0.15) is 11.1 Å². The van der Waals surface area contributed by atoms with Gasteiger partial charge in [0.05, 0.1) is 11.5 Å². The summed E-state index contributed by atoms with van der Waals surface area (Å²) in [7, 11) is 0. The highest BCUT2D eigenvalue weighted by molar-refractivity contribution is 5.25. The molecule has 2 aromatic carbocycles. The summed E-state index contributed by atoms with van der Waals surface area (Å²) >= 11 is 0. The summed E-state index contributed by atoms with van der Waals surface area (Å²) in [6.07, 6.45) is -1.14. The molecule has 0 saturated carbocycles. The maximum atomic E-state index is 11.0. The first-order valence-electron chi connectivity index (χ1n) is 6.27. The molecule has 0 amide bonds. The Morgan fingerprint density at radius 2 is 1.70 bits per heavy atom. The van der Waals surface area contributed by atoms with Crippen LogP contribution >= 0.6 is 0 Å². The second kappa shape index (κ2) is 5.03. The van der Waals surface area contributed by atoms with Gasteiger partial charge in [0.2, 0.25) is 0 Å². The van der Waals surface area contributed by atoms with Crippen LogP contribution in [-0.4, -0.2) is 11.2 Å². The second-order valence-corrected chi connectivity index (χ2v) is 4.56. The van der Waals surface area contributed by atoms with Gasteiger partial charge in [0, 0.05) is 5.56 Å². The minimum absolute atomic E-state index is 0.264. The molecule has 2 aromatic rings. The molecule has 0 aromatic heterocycles. The van der Waals surface area contributed by atoms with Gasteiger partial charge < -0.3 is 4.74 Å². The molecule has 20 heavy (non-hydrogen) atoms. The third-order valence-corrected chi connectivity index (χ3v) is 3.22. The Labute approximate surface area is 115 Å². The first-order chi connectivity index (χ1) is 9.72. The molecule has 1 fully saturated rings. The molecular formula is C15H13NO4. The van der Waals surface area contributed by atoms with Crippen molar-refractivity contribution >= 4 is 0 Å². The fourth-order valence-corrected chi connectivity index (χ4v) is 2.15. The number of hydrogen-bond acceptors (Lipinski definition) is 4. The minimum Gasteiger partial charge on any atom is -0.333 e. The average Bonchev–Trinajstić information content (AvgIpc) is 3.24. The highest BCUT2D eigenvalue weighted by atomic mass is 16.8. The van der Waals surface area contributed by atoms with E-state index in [1.165, 1.54) is 0 Å². The molecule has 102 valence electrons. The van der Waals surface area contributed by atoms with Crippen molar-refractivity contribution < 1.29 is 14.4 Å². The van der Waals surface area contributed by atoms with Gasteiger partial charge >= 0.3 is 6.23 Å². The molecule has 0 radical (unpaired) electrons. The number of hydrogen-bond donors (Lipinski definition) is 0. The molecule has 1 saturated heterocycles. The number of benzene rings is 2. The molecular weight excluding hydrogens is 258 g/mol. The average molecular weight is 271 g/mol. The Bertz CT molecular complexity index is 602. The van der Waals surface area contributed by atoms with E-state index in [1.807, 2.05) is 48.5 Å². The van der Waals surface area contributed by atoms with E-state index in [2.05, 4.69) is 0 Å². The molecule has 0 spiro atoms. The Morgan fingerprint density at radius 3 is 2.25 bits per heavy atom. The first kappa shape index (κ1) is 12.8. The maximum absolute atomic E-state index is 11.0. The van der Waals surface area contributed by atoms with Gasteiger partial charge in [0.1, 0.15) is 0 Å². The van der Waals surface area contributed by atoms with E-state index in [4.69, 9.17) is 9.47 Å². The normalized spacial score (nSPS) is 24.3. The van der Waals surface area contributed by atoms with Gasteiger partial charge in [0.15, 0.2) is 0 Å². The Hall–Kier alpha value is -2.24. The van der Waals surface area contributed by atoms with Gasteiger partial charge in [-0.05, 0) is 5.56 Å². The van der Waals surface area contributed by atoms with E-state index in [1.54, 1.807) is 12.1 Å². The van der Waals surface area contributed by atoms with Gasteiger partial charge in [-0.1, -0.05) is 60.7 Å². The van der Waals surface area contributed by atoms with Crippen LogP contribution in [-0.2, 0) is 21.9 Å². The van der Waals surface area contributed by atoms with E-state index in [0.717, 1.165) is 5.56 Å². The summed E-state index contributed by atoms with van der Waals surface area (Å²) in [6, 6.07) is 18.5. The predicted molar refractivity (Wildman–Crippen MR) is 71.2 cm³/mol. The fraction of sp³-hybridized carbons (Fsp3) is 0.200. The van der Waals surface area contributed by atoms with Gasteiger partial charge in [-0.2, -0.15) is 0 Å². The number of nitro groups is 1. The third-order valence-electron chi connectivity index (χ3n) is 3.22. The zero-order valence-corrected chi connectivity index (χ0v) is 10.6. The summed E-state index contributed by atoms with van der Waals surface area (Å²) in [5, 5.41) is 11.0. The topological polar surface area (TPSA) is 64.9 Å². The standard InChI is InChI=1S/C15H13NO4/c17-16(18)14-15(20-14,13-9-5-2-6-10-13)19-11-12-7-3-1-4-8-12/h1-10,14H,11H2. The van der Waals surface area contributed by atoms with E-state index >= 15 is 0 Å². The van der Waals surface area contributed by atoms with Gasteiger partial charge in [-0.25, -0.2) is 0 Å². The van der Waals surface area contributed by atoms with Crippen LogP contribution in [0.4, 0.5) is 0 Å². The fourth-order valence-electron chi connectivity index (χ4n) is 2.15. The smallest absolute Gasteiger partial charge is 0.333 e. The zero-order chi connectivity index (χ0) is 14.0. The van der Waals surface area contributed by atoms with Crippen LogP contribution in [0.3, 0.4) is 0 Å². The minimum atomic E-state index is -1.26. The lowest BCUT2D eigenvalue weighted by Crippen LogP contribution is -2.21. The van der Waals surface area contributed by atoms with Crippen molar-refractivity contribution in [2.75, 3.05) is 0 Å². The number of rotatable bonds is 5. The van der Waals surface area contributed by atoms with Gasteiger partial charge in [-0.15, -0.1) is 0 Å². The summed E-state index contributed by atoms with van der Waals surface area (Å²) in [5.74, 6) is -1.26. The predicted octanol–water partition coefficient (Wildman–Crippen LogP) is 2.69. The van der Waals surface area contributed by atoms with E-state index < -0.39 is 16.9 Å². The summed E-state index contributed by atoms with van der Waals surface area (Å²) < 4.78 is 11.0. The third kappa shape index (κ3) is 2.29. The monoisotopic (exact) mass is 271 g/mol. The Morgan fingerprint density at radius 1 is 1.10 bits per heavy atom. The van der Waals surface area contributed by atoms with Crippen molar-refractivity contribution in [2.24, 2.45) is 0 Å². The summed E-state index contributed by atoms with van der Waals surface area (Å²) in [6.45, 7) is 0.264. The van der Waals surface area contributed by atoms with Crippen molar-refractivity contribution in [3.8, 4) is 0 Å². The molecule has 0 aliphatic carbocycles. The lowest BCUT2D eigenvalue weighted by molar-refractivity contribution is -0.521. The molecule has 2 atom stereocenters. The van der Waals surface area contributed by atoms with Crippen molar-refractivity contribution in [3.63, 3.8) is 0 Å². The zero-order valence-electron chi connectivity index (χ0n) is 10.6. The van der Waals surface area contributed by atoms with Crippen molar-refractivity contribution in [1.82, 2.24) is 0 Å². The first-order valence-corrected chi connectivity index (χ1v) is 6.27. The molecule has 1 aliphatic heterocycles. The van der Waals surface area contributed by atoms with Crippen LogP contribution < -0.4 is 0 Å². The highest BCUT2D eigenvalue weighted by Crippen LogP contribution is 2.48. The highest BCUT2D eigenvalue weighted by Gasteiger charge is 2.69. The number of nitrogens with zero attached hydrogens (tertiary/aromatic N) is 1. The quantitative estimate of drug-likeness (QED) is 0.476. The van der Waals surface area contributed by atoms with E-state index in [0.29, 0.717) is 5.56 Å². The lowest BCUT2D eigenvalue weighted by atomic mass is 10.1. The number of ether oxygens (including phenoxy) is 2. The summed E-state index contributed by atoms with van der Waals surface area (Å²) in [4.78, 5) is 10.5. The lowest BCUT2D eigenvalue weighted by Gasteiger charge is -2.12. The Kier molecular flexibility index (Phi) is 3.22. The van der Waals surface area contributed by atoms with Crippen molar-refractivity contribution in [3.05, 3.63) is 81.9 Å². The van der Waals surface area contributed by atoms with E-state index in [9.17, 15) is 10.1 Å². The van der Waals surface area contributed by atoms with Crippen LogP contribution in [0.25, 0.3) is 0 Å². The van der Waals surface area contributed by atoms with Crippen LogP contribution in [0.15, 0.2) is 60.7 Å². The van der Waals surface area contributed by atoms with Crippen LogP contribution in [0.2, 0.25) is 0 Å². The summed E-state index contributed by atoms with van der Waals surface area (Å²) in [5.41, 5.74) is 1.61. The molecule has 2 unspecified atom stereocenters. The molecule has 1 aliphatic rings. The van der Waals surface area contributed by atoms with Gasteiger partial charge in [-0.3, -0.25) is 14.9 Å². The molecule has 5 nitrogen and oxygen atoms in total. The maximum Gasteiger partial charge on any atom is 0.377 e. The second-order valence-electron chi connectivity index (χ2n) is 4.56. The molecule has 5 heteroatoms.